The van der Waals surface area contributed by atoms with Gasteiger partial charge in [0, 0.05) is 11.1 Å². The normalized spacial score (nSPS) is 11.2. The molecule has 0 fully saturated rings. The standard InChI is InChI=1S/C19H16N4O3/c1-12(22-23-19(26)20-14-8-3-2-4-9-14)17-15(18(24)25)11-13-7-5-6-10-16(13)21-17/h2-11H,1H3,(H,24,25)(H2,20,23,26). The third-order valence-corrected chi connectivity index (χ3v) is 3.65. The summed E-state index contributed by atoms with van der Waals surface area (Å²) < 4.78 is 0. The van der Waals surface area contributed by atoms with Crippen molar-refractivity contribution in [3.63, 3.8) is 0 Å². The zero-order chi connectivity index (χ0) is 18.5. The van der Waals surface area contributed by atoms with Crippen LogP contribution in [0.2, 0.25) is 0 Å². The van der Waals surface area contributed by atoms with Gasteiger partial charge >= 0.3 is 12.0 Å². The van der Waals surface area contributed by atoms with Gasteiger partial charge in [0.2, 0.25) is 0 Å². The van der Waals surface area contributed by atoms with E-state index in [1.807, 2.05) is 18.2 Å². The lowest BCUT2D eigenvalue weighted by Gasteiger charge is -2.08. The quantitative estimate of drug-likeness (QED) is 0.496. The van der Waals surface area contributed by atoms with E-state index < -0.39 is 12.0 Å². The van der Waals surface area contributed by atoms with Crippen LogP contribution >= 0.6 is 0 Å². The number of anilines is 1. The highest BCUT2D eigenvalue weighted by atomic mass is 16.4. The van der Waals surface area contributed by atoms with Crippen LogP contribution in [-0.2, 0) is 0 Å². The third-order valence-electron chi connectivity index (χ3n) is 3.65. The fourth-order valence-electron chi connectivity index (χ4n) is 2.42. The maximum absolute atomic E-state index is 11.9. The molecule has 3 aromatic rings. The number of carboxylic acid groups (broad SMARTS) is 1. The molecule has 0 aliphatic heterocycles. The number of benzene rings is 2. The number of aromatic nitrogens is 1. The average molecular weight is 348 g/mol. The Hall–Kier alpha value is -3.74. The zero-order valence-corrected chi connectivity index (χ0v) is 13.9. The Balaban J connectivity index is 1.85. The highest BCUT2D eigenvalue weighted by molar-refractivity contribution is 6.08. The summed E-state index contributed by atoms with van der Waals surface area (Å²) >= 11 is 0. The number of rotatable bonds is 4. The van der Waals surface area contributed by atoms with E-state index >= 15 is 0 Å². The molecule has 3 N–H and O–H groups in total. The molecule has 0 spiro atoms. The highest BCUT2D eigenvalue weighted by Gasteiger charge is 2.16. The number of aromatic carboxylic acids is 1. The number of para-hydroxylation sites is 2. The molecule has 26 heavy (non-hydrogen) atoms. The van der Waals surface area contributed by atoms with Crippen LogP contribution in [0.3, 0.4) is 0 Å². The van der Waals surface area contributed by atoms with E-state index in [2.05, 4.69) is 20.8 Å². The van der Waals surface area contributed by atoms with E-state index in [1.54, 1.807) is 49.4 Å². The SMILES string of the molecule is CC(=NNC(=O)Nc1ccccc1)c1nc2ccccc2cc1C(=O)O. The number of hydrazone groups is 1. The second-order valence-electron chi connectivity index (χ2n) is 5.51. The number of amides is 2. The van der Waals surface area contributed by atoms with Crippen molar-refractivity contribution < 1.29 is 14.7 Å². The Morgan fingerprint density at radius 1 is 1.04 bits per heavy atom. The van der Waals surface area contributed by atoms with Crippen molar-refractivity contribution in [3.8, 4) is 0 Å². The summed E-state index contributed by atoms with van der Waals surface area (Å²) in [5.74, 6) is -1.11. The predicted octanol–water partition coefficient (Wildman–Crippen LogP) is 3.48. The van der Waals surface area contributed by atoms with Gasteiger partial charge in [0.15, 0.2) is 0 Å². The average Bonchev–Trinajstić information content (AvgIpc) is 2.65. The van der Waals surface area contributed by atoms with Crippen LogP contribution in [0.4, 0.5) is 10.5 Å². The topological polar surface area (TPSA) is 104 Å². The first-order valence-electron chi connectivity index (χ1n) is 7.84. The number of fused-ring (bicyclic) bond motifs is 1. The van der Waals surface area contributed by atoms with E-state index in [1.165, 1.54) is 0 Å². The number of nitrogens with one attached hydrogen (secondary N) is 2. The Bertz CT molecular complexity index is 1000. The molecule has 1 aromatic heterocycles. The first-order chi connectivity index (χ1) is 12.5. The number of hydrogen-bond acceptors (Lipinski definition) is 4. The van der Waals surface area contributed by atoms with Crippen LogP contribution in [-0.4, -0.2) is 27.8 Å². The molecule has 0 aliphatic rings. The molecule has 7 heteroatoms. The molecule has 3 rings (SSSR count). The van der Waals surface area contributed by atoms with Gasteiger partial charge in [-0.2, -0.15) is 5.10 Å². The van der Waals surface area contributed by atoms with Gasteiger partial charge in [-0.15, -0.1) is 0 Å². The summed E-state index contributed by atoms with van der Waals surface area (Å²) in [5.41, 5.74) is 4.13. The lowest BCUT2D eigenvalue weighted by atomic mass is 10.1. The first-order valence-corrected chi connectivity index (χ1v) is 7.84. The Kier molecular flexibility index (Phi) is 4.89. The van der Waals surface area contributed by atoms with Crippen LogP contribution < -0.4 is 10.7 Å². The summed E-state index contributed by atoms with van der Waals surface area (Å²) in [7, 11) is 0. The molecule has 0 saturated carbocycles. The molecule has 0 atom stereocenters. The largest absolute Gasteiger partial charge is 0.478 e. The van der Waals surface area contributed by atoms with Crippen LogP contribution in [0.1, 0.15) is 23.0 Å². The van der Waals surface area contributed by atoms with Gasteiger partial charge in [0.05, 0.1) is 16.8 Å². The molecule has 2 amide bonds. The number of pyridine rings is 1. The van der Waals surface area contributed by atoms with E-state index in [-0.39, 0.29) is 17.0 Å². The van der Waals surface area contributed by atoms with Gasteiger partial charge in [0.1, 0.15) is 5.69 Å². The summed E-state index contributed by atoms with van der Waals surface area (Å²) in [6.45, 7) is 1.59. The van der Waals surface area contributed by atoms with Crippen LogP contribution in [0.15, 0.2) is 65.8 Å². The van der Waals surface area contributed by atoms with Crippen molar-refractivity contribution in [1.29, 1.82) is 0 Å². The Labute approximate surface area is 149 Å². The third kappa shape index (κ3) is 3.84. The lowest BCUT2D eigenvalue weighted by molar-refractivity contribution is 0.0696. The number of carboxylic acids is 1. The van der Waals surface area contributed by atoms with Gasteiger partial charge in [-0.25, -0.2) is 20.0 Å². The van der Waals surface area contributed by atoms with Gasteiger partial charge in [0.25, 0.3) is 0 Å². The second kappa shape index (κ2) is 7.43. The predicted molar refractivity (Wildman–Crippen MR) is 99.5 cm³/mol. The van der Waals surface area contributed by atoms with Crippen molar-refractivity contribution in [2.24, 2.45) is 5.10 Å². The Morgan fingerprint density at radius 3 is 2.46 bits per heavy atom. The van der Waals surface area contributed by atoms with E-state index in [9.17, 15) is 14.7 Å². The number of hydrogen-bond donors (Lipinski definition) is 3. The number of urea groups is 1. The molecule has 0 aliphatic carbocycles. The summed E-state index contributed by atoms with van der Waals surface area (Å²) in [5, 5.41) is 16.8. The fraction of sp³-hybridized carbons (Fsp3) is 0.0526. The zero-order valence-electron chi connectivity index (χ0n) is 13.9. The molecular weight excluding hydrogens is 332 g/mol. The minimum Gasteiger partial charge on any atom is -0.478 e. The van der Waals surface area contributed by atoms with Crippen LogP contribution in [0, 0.1) is 0 Å². The summed E-state index contributed by atoms with van der Waals surface area (Å²) in [6, 6.07) is 17.1. The molecule has 0 saturated heterocycles. The van der Waals surface area contributed by atoms with Gasteiger partial charge in [-0.3, -0.25) is 0 Å². The molecule has 0 unspecified atom stereocenters. The number of nitrogens with zero attached hydrogens (tertiary/aromatic N) is 2. The van der Waals surface area contributed by atoms with Gasteiger partial charge in [-0.05, 0) is 31.2 Å². The number of carbonyl (C=O) groups is 2. The van der Waals surface area contributed by atoms with Crippen LogP contribution in [0.25, 0.3) is 10.9 Å². The lowest BCUT2D eigenvalue weighted by Crippen LogP contribution is -2.25. The molecule has 0 radical (unpaired) electrons. The second-order valence-corrected chi connectivity index (χ2v) is 5.51. The van der Waals surface area contributed by atoms with Gasteiger partial charge < -0.3 is 10.4 Å². The van der Waals surface area contributed by atoms with E-state index in [0.29, 0.717) is 11.2 Å². The maximum atomic E-state index is 11.9. The first kappa shape index (κ1) is 17.1. The van der Waals surface area contributed by atoms with Crippen molar-refractivity contribution in [3.05, 3.63) is 71.9 Å². The molecule has 0 bridgehead atoms. The monoisotopic (exact) mass is 348 g/mol. The van der Waals surface area contributed by atoms with E-state index in [4.69, 9.17) is 0 Å². The van der Waals surface area contributed by atoms with Crippen molar-refractivity contribution in [2.45, 2.75) is 6.92 Å². The summed E-state index contributed by atoms with van der Waals surface area (Å²) in [4.78, 5) is 27.8. The molecular formula is C19H16N4O3. The maximum Gasteiger partial charge on any atom is 0.339 e. The van der Waals surface area contributed by atoms with Gasteiger partial charge in [-0.1, -0.05) is 36.4 Å². The van der Waals surface area contributed by atoms with Crippen molar-refractivity contribution in [1.82, 2.24) is 10.4 Å². The smallest absolute Gasteiger partial charge is 0.339 e. The van der Waals surface area contributed by atoms with Crippen LogP contribution in [0.5, 0.6) is 0 Å². The minimum atomic E-state index is -1.11. The number of carbonyl (C=O) groups excluding carboxylic acids is 1. The molecule has 7 nitrogen and oxygen atoms in total. The fourth-order valence-corrected chi connectivity index (χ4v) is 2.42. The molecule has 1 heterocycles. The molecule has 2 aromatic carbocycles. The minimum absolute atomic E-state index is 0.0233. The summed E-state index contributed by atoms with van der Waals surface area (Å²) in [6.07, 6.45) is 0. The highest BCUT2D eigenvalue weighted by Crippen LogP contribution is 2.17. The van der Waals surface area contributed by atoms with Crippen molar-refractivity contribution >= 4 is 34.3 Å². The Morgan fingerprint density at radius 2 is 1.73 bits per heavy atom. The molecule has 130 valence electrons. The van der Waals surface area contributed by atoms with E-state index in [0.717, 1.165) is 5.39 Å². The van der Waals surface area contributed by atoms with Crippen molar-refractivity contribution in [2.75, 3.05) is 5.32 Å².